The smallest absolute Gasteiger partial charge is 0.311 e. The van der Waals surface area contributed by atoms with E-state index in [4.69, 9.17) is 0 Å². The number of benzene rings is 1. The average Bonchev–Trinajstić information content (AvgIpc) is 2.42. The first-order valence-electron chi connectivity index (χ1n) is 6.43. The summed E-state index contributed by atoms with van der Waals surface area (Å²) in [6.45, 7) is 4.28. The minimum atomic E-state index is -0.558. The zero-order chi connectivity index (χ0) is 15.4. The number of anilines is 3. The first-order chi connectivity index (χ1) is 10.0. The lowest BCUT2D eigenvalue weighted by Gasteiger charge is -2.10. The normalized spacial score (nSPS) is 10.2. The molecule has 2 N–H and O–H groups in total. The molecule has 0 aliphatic rings. The van der Waals surface area contributed by atoms with Gasteiger partial charge in [0.1, 0.15) is 11.6 Å². The van der Waals surface area contributed by atoms with Crippen LogP contribution in [0.4, 0.5) is 27.4 Å². The molecule has 1 heterocycles. The molecule has 0 saturated heterocycles. The highest BCUT2D eigenvalue weighted by Crippen LogP contribution is 2.28. The van der Waals surface area contributed by atoms with Gasteiger partial charge in [0.2, 0.25) is 5.82 Å². The molecule has 1 aromatic carbocycles. The Bertz CT molecular complexity index is 676. The van der Waals surface area contributed by atoms with E-state index in [-0.39, 0.29) is 17.2 Å². The highest BCUT2D eigenvalue weighted by Gasteiger charge is 2.17. The summed E-state index contributed by atoms with van der Waals surface area (Å²) in [7, 11) is 0. The van der Waals surface area contributed by atoms with Gasteiger partial charge in [-0.05, 0) is 37.6 Å². The largest absolute Gasteiger partial charge is 0.370 e. The van der Waals surface area contributed by atoms with Crippen LogP contribution in [0.25, 0.3) is 0 Å². The molecule has 1 aromatic heterocycles. The van der Waals surface area contributed by atoms with Gasteiger partial charge in [-0.2, -0.15) is 0 Å². The summed E-state index contributed by atoms with van der Waals surface area (Å²) in [6.07, 6.45) is 0. The van der Waals surface area contributed by atoms with Crippen molar-refractivity contribution >= 4 is 23.0 Å². The van der Waals surface area contributed by atoms with E-state index in [2.05, 4.69) is 15.6 Å². The molecule has 0 radical (unpaired) electrons. The summed E-state index contributed by atoms with van der Waals surface area (Å²) >= 11 is 0. The number of nitrogens with one attached hydrogen (secondary N) is 2. The van der Waals surface area contributed by atoms with Gasteiger partial charge < -0.3 is 10.6 Å². The molecule has 0 aliphatic carbocycles. The first kappa shape index (κ1) is 14.7. The molecule has 0 atom stereocenters. The van der Waals surface area contributed by atoms with Crippen LogP contribution in [0, 0.1) is 22.9 Å². The second-order valence-corrected chi connectivity index (χ2v) is 4.46. The lowest BCUT2D eigenvalue weighted by molar-refractivity contribution is -0.384. The van der Waals surface area contributed by atoms with Crippen molar-refractivity contribution in [3.8, 4) is 0 Å². The number of nitro groups is 1. The van der Waals surface area contributed by atoms with Gasteiger partial charge in [0, 0.05) is 12.6 Å². The fourth-order valence-corrected chi connectivity index (χ4v) is 1.82. The summed E-state index contributed by atoms with van der Waals surface area (Å²) < 4.78 is 13.8. The Kier molecular flexibility index (Phi) is 4.32. The first-order valence-corrected chi connectivity index (χ1v) is 6.43. The lowest BCUT2D eigenvalue weighted by atomic mass is 10.2. The van der Waals surface area contributed by atoms with Gasteiger partial charge in [0.15, 0.2) is 0 Å². The molecule has 7 heteroatoms. The predicted molar refractivity (Wildman–Crippen MR) is 79.5 cm³/mol. The van der Waals surface area contributed by atoms with Gasteiger partial charge >= 0.3 is 5.69 Å². The van der Waals surface area contributed by atoms with Crippen molar-refractivity contribution in [2.45, 2.75) is 13.8 Å². The van der Waals surface area contributed by atoms with Crippen LogP contribution in [0.2, 0.25) is 0 Å². The van der Waals surface area contributed by atoms with Crippen molar-refractivity contribution < 1.29 is 9.31 Å². The molecule has 0 saturated carbocycles. The summed E-state index contributed by atoms with van der Waals surface area (Å²) in [4.78, 5) is 14.6. The molecular formula is C14H15FN4O2. The third kappa shape index (κ3) is 3.44. The predicted octanol–water partition coefficient (Wildman–Crippen LogP) is 3.61. The topological polar surface area (TPSA) is 80.1 Å². The van der Waals surface area contributed by atoms with Crippen LogP contribution < -0.4 is 10.6 Å². The second kappa shape index (κ2) is 6.17. The maximum absolute atomic E-state index is 13.8. The van der Waals surface area contributed by atoms with Crippen LogP contribution in [0.15, 0.2) is 30.3 Å². The molecule has 2 aromatic rings. The van der Waals surface area contributed by atoms with Gasteiger partial charge in [-0.15, -0.1) is 0 Å². The van der Waals surface area contributed by atoms with E-state index in [0.29, 0.717) is 12.4 Å². The molecule has 0 fully saturated rings. The standard InChI is InChI=1S/C14H15FN4O2/c1-3-16-13-7-6-12(19(20)21)14(18-13)17-11-5-4-9(2)8-10(11)15/h4-8H,3H2,1-2H3,(H2,16,17,18). The number of hydrogen-bond acceptors (Lipinski definition) is 5. The van der Waals surface area contributed by atoms with Crippen molar-refractivity contribution in [3.63, 3.8) is 0 Å². The van der Waals surface area contributed by atoms with Crippen molar-refractivity contribution in [1.82, 2.24) is 4.98 Å². The average molecular weight is 290 g/mol. The fourth-order valence-electron chi connectivity index (χ4n) is 1.82. The van der Waals surface area contributed by atoms with Crippen molar-refractivity contribution in [1.29, 1.82) is 0 Å². The minimum Gasteiger partial charge on any atom is -0.370 e. The highest BCUT2D eigenvalue weighted by molar-refractivity contribution is 5.68. The Morgan fingerprint density at radius 2 is 2.10 bits per heavy atom. The number of halogens is 1. The molecule has 110 valence electrons. The molecule has 0 amide bonds. The Hall–Kier alpha value is -2.70. The number of nitrogens with zero attached hydrogens (tertiary/aromatic N) is 2. The lowest BCUT2D eigenvalue weighted by Crippen LogP contribution is -2.05. The van der Waals surface area contributed by atoms with Gasteiger partial charge in [0.25, 0.3) is 0 Å². The van der Waals surface area contributed by atoms with E-state index in [1.807, 2.05) is 6.92 Å². The fraction of sp³-hybridized carbons (Fsp3) is 0.214. The Balaban J connectivity index is 2.40. The van der Waals surface area contributed by atoms with Crippen LogP contribution in [-0.4, -0.2) is 16.5 Å². The van der Waals surface area contributed by atoms with E-state index >= 15 is 0 Å². The number of aryl methyl sites for hydroxylation is 1. The number of aromatic nitrogens is 1. The Morgan fingerprint density at radius 1 is 1.33 bits per heavy atom. The van der Waals surface area contributed by atoms with Crippen LogP contribution in [0.5, 0.6) is 0 Å². The van der Waals surface area contributed by atoms with Gasteiger partial charge in [0.05, 0.1) is 10.6 Å². The highest BCUT2D eigenvalue weighted by atomic mass is 19.1. The Labute approximate surface area is 121 Å². The Morgan fingerprint density at radius 3 is 2.71 bits per heavy atom. The molecule has 0 bridgehead atoms. The summed E-state index contributed by atoms with van der Waals surface area (Å²) in [5.74, 6) is -0.000672. The molecule has 0 aliphatic heterocycles. The minimum absolute atomic E-state index is 0.00111. The third-order valence-electron chi connectivity index (χ3n) is 2.81. The number of pyridine rings is 1. The molecule has 2 rings (SSSR count). The molecular weight excluding hydrogens is 275 g/mol. The summed E-state index contributed by atoms with van der Waals surface area (Å²) in [6, 6.07) is 7.43. The van der Waals surface area contributed by atoms with Crippen LogP contribution >= 0.6 is 0 Å². The summed E-state index contributed by atoms with van der Waals surface area (Å²) in [5.41, 5.74) is 0.698. The number of hydrogen-bond donors (Lipinski definition) is 2. The quantitative estimate of drug-likeness (QED) is 0.649. The SMILES string of the molecule is CCNc1ccc([N+](=O)[O-])c(Nc2ccc(C)cc2F)n1. The van der Waals surface area contributed by atoms with E-state index in [1.165, 1.54) is 24.3 Å². The zero-order valence-corrected chi connectivity index (χ0v) is 11.7. The van der Waals surface area contributed by atoms with Crippen molar-refractivity contribution in [3.05, 3.63) is 51.8 Å². The van der Waals surface area contributed by atoms with E-state index < -0.39 is 10.7 Å². The van der Waals surface area contributed by atoms with Crippen molar-refractivity contribution in [2.75, 3.05) is 17.2 Å². The van der Waals surface area contributed by atoms with Gasteiger partial charge in [-0.25, -0.2) is 9.37 Å². The van der Waals surface area contributed by atoms with Crippen LogP contribution in [0.1, 0.15) is 12.5 Å². The van der Waals surface area contributed by atoms with Crippen LogP contribution in [0.3, 0.4) is 0 Å². The second-order valence-electron chi connectivity index (χ2n) is 4.46. The monoisotopic (exact) mass is 290 g/mol. The zero-order valence-electron chi connectivity index (χ0n) is 11.7. The van der Waals surface area contributed by atoms with Crippen molar-refractivity contribution in [2.24, 2.45) is 0 Å². The third-order valence-corrected chi connectivity index (χ3v) is 2.81. The van der Waals surface area contributed by atoms with E-state index in [0.717, 1.165) is 5.56 Å². The van der Waals surface area contributed by atoms with Gasteiger partial charge in [-0.3, -0.25) is 10.1 Å². The molecule has 0 unspecified atom stereocenters. The summed E-state index contributed by atoms with van der Waals surface area (Å²) in [5, 5.41) is 16.7. The molecule has 21 heavy (non-hydrogen) atoms. The molecule has 6 nitrogen and oxygen atoms in total. The van der Waals surface area contributed by atoms with E-state index in [9.17, 15) is 14.5 Å². The maximum Gasteiger partial charge on any atom is 0.311 e. The van der Waals surface area contributed by atoms with Crippen LogP contribution in [-0.2, 0) is 0 Å². The van der Waals surface area contributed by atoms with E-state index in [1.54, 1.807) is 13.0 Å². The molecule has 0 spiro atoms. The number of rotatable bonds is 5. The maximum atomic E-state index is 13.8. The van der Waals surface area contributed by atoms with Gasteiger partial charge in [-0.1, -0.05) is 6.07 Å².